The number of benzene rings is 1. The van der Waals surface area contributed by atoms with Crippen molar-refractivity contribution >= 4 is 23.1 Å². The first-order chi connectivity index (χ1) is 11.2. The largest absolute Gasteiger partial charge is 0.372 e. The second-order valence-electron chi connectivity index (χ2n) is 5.39. The monoisotopic (exact) mass is 314 g/mol. The van der Waals surface area contributed by atoms with Crippen molar-refractivity contribution in [2.75, 3.05) is 35.2 Å². The Morgan fingerprint density at radius 1 is 1.13 bits per heavy atom. The first-order valence-corrected chi connectivity index (χ1v) is 8.24. The van der Waals surface area contributed by atoms with Gasteiger partial charge >= 0.3 is 0 Å². The Morgan fingerprint density at radius 2 is 1.91 bits per heavy atom. The quantitative estimate of drug-likeness (QED) is 0.776. The van der Waals surface area contributed by atoms with Crippen LogP contribution in [-0.2, 0) is 0 Å². The van der Waals surface area contributed by atoms with Crippen molar-refractivity contribution in [1.82, 2.24) is 15.2 Å². The number of hydrogen-bond donors (Lipinski definition) is 2. The summed E-state index contributed by atoms with van der Waals surface area (Å²) in [6.45, 7) is 11.4. The van der Waals surface area contributed by atoms with E-state index in [1.165, 1.54) is 5.69 Å². The maximum absolute atomic E-state index is 4.43. The maximum atomic E-state index is 4.43. The SMILES string of the molecule is CCCNc1cnnc(Nc2ccc(N(CC)CC)cc2C)n1. The molecule has 1 aromatic heterocycles. The van der Waals surface area contributed by atoms with E-state index in [1.807, 2.05) is 0 Å². The molecular weight excluding hydrogens is 288 g/mol. The highest BCUT2D eigenvalue weighted by molar-refractivity contribution is 5.64. The molecule has 0 atom stereocenters. The van der Waals surface area contributed by atoms with Crippen molar-refractivity contribution in [3.63, 3.8) is 0 Å². The van der Waals surface area contributed by atoms with Crippen LogP contribution in [-0.4, -0.2) is 34.8 Å². The molecule has 0 saturated carbocycles. The van der Waals surface area contributed by atoms with Crippen molar-refractivity contribution in [2.24, 2.45) is 0 Å². The van der Waals surface area contributed by atoms with Gasteiger partial charge < -0.3 is 15.5 Å². The van der Waals surface area contributed by atoms with E-state index < -0.39 is 0 Å². The third-order valence-corrected chi connectivity index (χ3v) is 3.70. The molecule has 2 aromatic rings. The minimum absolute atomic E-state index is 0.504. The van der Waals surface area contributed by atoms with Crippen molar-refractivity contribution in [3.8, 4) is 0 Å². The van der Waals surface area contributed by atoms with Gasteiger partial charge in [-0.3, -0.25) is 0 Å². The van der Waals surface area contributed by atoms with Gasteiger partial charge in [-0.15, -0.1) is 5.10 Å². The minimum atomic E-state index is 0.504. The Morgan fingerprint density at radius 3 is 2.57 bits per heavy atom. The lowest BCUT2D eigenvalue weighted by Gasteiger charge is -2.22. The van der Waals surface area contributed by atoms with Crippen LogP contribution in [0.25, 0.3) is 0 Å². The predicted octanol–water partition coefficient (Wildman–Crippen LogP) is 3.59. The van der Waals surface area contributed by atoms with Crippen molar-refractivity contribution in [3.05, 3.63) is 30.0 Å². The number of aromatic nitrogens is 3. The van der Waals surface area contributed by atoms with Crippen LogP contribution in [0.5, 0.6) is 0 Å². The molecule has 124 valence electrons. The van der Waals surface area contributed by atoms with Crippen molar-refractivity contribution in [1.29, 1.82) is 0 Å². The van der Waals surface area contributed by atoms with Crippen LogP contribution in [0.3, 0.4) is 0 Å². The second-order valence-corrected chi connectivity index (χ2v) is 5.39. The zero-order chi connectivity index (χ0) is 16.7. The fraction of sp³-hybridized carbons (Fsp3) is 0.471. The zero-order valence-corrected chi connectivity index (χ0v) is 14.4. The second kappa shape index (κ2) is 8.31. The van der Waals surface area contributed by atoms with E-state index in [9.17, 15) is 0 Å². The van der Waals surface area contributed by atoms with Crippen molar-refractivity contribution < 1.29 is 0 Å². The number of aryl methyl sites for hydroxylation is 1. The number of nitrogens with one attached hydrogen (secondary N) is 2. The molecule has 0 bridgehead atoms. The van der Waals surface area contributed by atoms with Crippen LogP contribution in [0, 0.1) is 6.92 Å². The van der Waals surface area contributed by atoms with E-state index in [1.54, 1.807) is 6.20 Å². The summed E-state index contributed by atoms with van der Waals surface area (Å²) < 4.78 is 0. The van der Waals surface area contributed by atoms with Gasteiger partial charge in [0.15, 0.2) is 5.82 Å². The molecule has 6 nitrogen and oxygen atoms in total. The summed E-state index contributed by atoms with van der Waals surface area (Å²) >= 11 is 0. The van der Waals surface area contributed by atoms with Crippen LogP contribution < -0.4 is 15.5 Å². The van der Waals surface area contributed by atoms with Gasteiger partial charge in [0.1, 0.15) is 0 Å². The summed E-state index contributed by atoms with van der Waals surface area (Å²) in [4.78, 5) is 6.75. The molecular formula is C17H26N6. The fourth-order valence-corrected chi connectivity index (χ4v) is 2.39. The van der Waals surface area contributed by atoms with E-state index in [-0.39, 0.29) is 0 Å². The van der Waals surface area contributed by atoms with E-state index in [4.69, 9.17) is 0 Å². The van der Waals surface area contributed by atoms with E-state index in [0.717, 1.165) is 43.1 Å². The van der Waals surface area contributed by atoms with Gasteiger partial charge in [0.25, 0.3) is 0 Å². The van der Waals surface area contributed by atoms with Gasteiger partial charge in [0.2, 0.25) is 5.95 Å². The van der Waals surface area contributed by atoms with Crippen LogP contribution in [0.4, 0.5) is 23.1 Å². The molecule has 23 heavy (non-hydrogen) atoms. The summed E-state index contributed by atoms with van der Waals surface area (Å²) in [5, 5.41) is 14.5. The third kappa shape index (κ3) is 4.55. The highest BCUT2D eigenvalue weighted by Crippen LogP contribution is 2.24. The minimum Gasteiger partial charge on any atom is -0.372 e. The summed E-state index contributed by atoms with van der Waals surface area (Å²) in [5.41, 5.74) is 3.38. The highest BCUT2D eigenvalue weighted by Gasteiger charge is 2.07. The zero-order valence-electron chi connectivity index (χ0n) is 14.4. The molecule has 0 fully saturated rings. The predicted molar refractivity (Wildman–Crippen MR) is 96.6 cm³/mol. The Kier molecular flexibility index (Phi) is 6.14. The van der Waals surface area contributed by atoms with Gasteiger partial charge in [-0.1, -0.05) is 6.92 Å². The van der Waals surface area contributed by atoms with Gasteiger partial charge in [0.05, 0.1) is 6.20 Å². The third-order valence-electron chi connectivity index (χ3n) is 3.70. The molecule has 1 aromatic carbocycles. The molecule has 0 aliphatic rings. The maximum Gasteiger partial charge on any atom is 0.249 e. The molecule has 0 spiro atoms. The first kappa shape index (κ1) is 17.0. The lowest BCUT2D eigenvalue weighted by Crippen LogP contribution is -2.21. The van der Waals surface area contributed by atoms with Crippen LogP contribution in [0.1, 0.15) is 32.8 Å². The lowest BCUT2D eigenvalue weighted by molar-refractivity contribution is 0.865. The Labute approximate surface area is 138 Å². The van der Waals surface area contributed by atoms with Gasteiger partial charge in [-0.25, -0.2) is 0 Å². The normalized spacial score (nSPS) is 10.4. The van der Waals surface area contributed by atoms with Crippen LogP contribution in [0.15, 0.2) is 24.4 Å². The molecule has 1 heterocycles. The molecule has 0 radical (unpaired) electrons. The Hall–Kier alpha value is -2.37. The van der Waals surface area contributed by atoms with Gasteiger partial charge in [0, 0.05) is 31.0 Å². The molecule has 2 rings (SSSR count). The van der Waals surface area contributed by atoms with E-state index >= 15 is 0 Å². The summed E-state index contributed by atoms with van der Waals surface area (Å²) in [6, 6.07) is 6.37. The molecule has 0 aliphatic carbocycles. The first-order valence-electron chi connectivity index (χ1n) is 8.24. The molecule has 2 N–H and O–H groups in total. The van der Waals surface area contributed by atoms with E-state index in [2.05, 4.69) is 76.6 Å². The fourth-order valence-electron chi connectivity index (χ4n) is 2.39. The molecule has 0 saturated heterocycles. The van der Waals surface area contributed by atoms with Crippen LogP contribution >= 0.6 is 0 Å². The molecule has 6 heteroatoms. The van der Waals surface area contributed by atoms with Crippen molar-refractivity contribution in [2.45, 2.75) is 34.1 Å². The summed E-state index contributed by atoms with van der Waals surface area (Å²) in [5.74, 6) is 1.24. The number of anilines is 4. The molecule has 0 unspecified atom stereocenters. The number of rotatable bonds is 8. The summed E-state index contributed by atoms with van der Waals surface area (Å²) in [6.07, 6.45) is 2.68. The Balaban J connectivity index is 2.14. The highest BCUT2D eigenvalue weighted by atomic mass is 15.3. The Bertz CT molecular complexity index is 624. The molecule has 0 amide bonds. The topological polar surface area (TPSA) is 66.0 Å². The lowest BCUT2D eigenvalue weighted by atomic mass is 10.1. The number of hydrogen-bond acceptors (Lipinski definition) is 6. The van der Waals surface area contributed by atoms with Gasteiger partial charge in [-0.2, -0.15) is 10.1 Å². The summed E-state index contributed by atoms with van der Waals surface area (Å²) in [7, 11) is 0. The van der Waals surface area contributed by atoms with E-state index in [0.29, 0.717) is 5.95 Å². The van der Waals surface area contributed by atoms with Crippen LogP contribution in [0.2, 0.25) is 0 Å². The average Bonchev–Trinajstić information content (AvgIpc) is 2.57. The smallest absolute Gasteiger partial charge is 0.249 e. The average molecular weight is 314 g/mol. The van der Waals surface area contributed by atoms with Gasteiger partial charge in [-0.05, 0) is 51.0 Å². The standard InChI is InChI=1S/C17H26N6/c1-5-10-18-16-12-19-22-17(21-16)20-15-9-8-14(11-13(15)4)23(6-2)7-3/h8-9,11-12H,5-7,10H2,1-4H3,(H2,18,20,21,22). The number of nitrogens with zero attached hydrogens (tertiary/aromatic N) is 4. The molecule has 0 aliphatic heterocycles.